The summed E-state index contributed by atoms with van der Waals surface area (Å²) in [7, 11) is -2.82. The van der Waals surface area contributed by atoms with E-state index in [1.165, 1.54) is 38.5 Å². The molecule has 0 spiro atoms. The van der Waals surface area contributed by atoms with Crippen LogP contribution < -0.4 is 0 Å². The fourth-order valence-corrected chi connectivity index (χ4v) is 6.88. The molecule has 3 aliphatic heterocycles. The van der Waals surface area contributed by atoms with Crippen LogP contribution in [-0.4, -0.2) is 91.4 Å². The fourth-order valence-electron chi connectivity index (χ4n) is 5.65. The molecule has 4 rings (SSSR count). The van der Waals surface area contributed by atoms with Crippen LogP contribution in [0.2, 0.25) is 0 Å². The Bertz CT molecular complexity index is 610. The van der Waals surface area contributed by atoms with Gasteiger partial charge in [0.05, 0.1) is 17.5 Å². The minimum atomic E-state index is -2.82. The number of amides is 1. The topological polar surface area (TPSA) is 60.9 Å². The quantitative estimate of drug-likeness (QED) is 0.722. The summed E-state index contributed by atoms with van der Waals surface area (Å²) < 4.78 is 23.3. The fraction of sp³-hybridized carbons (Fsp3) is 0.950. The predicted molar refractivity (Wildman–Crippen MR) is 106 cm³/mol. The van der Waals surface area contributed by atoms with Gasteiger partial charge < -0.3 is 4.90 Å². The molecule has 1 aliphatic carbocycles. The highest BCUT2D eigenvalue weighted by atomic mass is 32.2. The van der Waals surface area contributed by atoms with Gasteiger partial charge in [-0.25, -0.2) is 8.42 Å². The van der Waals surface area contributed by atoms with E-state index >= 15 is 0 Å². The summed E-state index contributed by atoms with van der Waals surface area (Å²) in [6.45, 7) is 4.10. The van der Waals surface area contributed by atoms with Gasteiger partial charge in [0.25, 0.3) is 0 Å². The number of hydrogen-bond donors (Lipinski definition) is 0. The third-order valence-corrected chi connectivity index (χ3v) is 8.90. The van der Waals surface area contributed by atoms with Crippen LogP contribution in [0.25, 0.3) is 0 Å². The molecule has 154 valence electrons. The highest BCUT2D eigenvalue weighted by molar-refractivity contribution is 7.91. The molecule has 0 bridgehead atoms. The van der Waals surface area contributed by atoms with Gasteiger partial charge in [-0.15, -0.1) is 0 Å². The lowest BCUT2D eigenvalue weighted by atomic mass is 9.96. The Morgan fingerprint density at radius 2 is 1.33 bits per heavy atom. The second-order valence-corrected chi connectivity index (χ2v) is 11.2. The molecular weight excluding hydrogens is 362 g/mol. The monoisotopic (exact) mass is 397 g/mol. The number of carbonyl (C=O) groups is 1. The molecule has 1 amide bonds. The van der Waals surface area contributed by atoms with Gasteiger partial charge in [0, 0.05) is 38.3 Å². The molecule has 0 radical (unpaired) electrons. The van der Waals surface area contributed by atoms with Gasteiger partial charge in [0.1, 0.15) is 0 Å². The van der Waals surface area contributed by atoms with Crippen LogP contribution >= 0.6 is 0 Å². The van der Waals surface area contributed by atoms with E-state index in [0.717, 1.165) is 38.9 Å². The first-order chi connectivity index (χ1) is 13.0. The summed E-state index contributed by atoms with van der Waals surface area (Å²) in [5.41, 5.74) is 0. The molecule has 1 atom stereocenters. The maximum atomic E-state index is 13.3. The summed E-state index contributed by atoms with van der Waals surface area (Å²) >= 11 is 0. The SMILES string of the molecule is O=C(C1CCCCN1C1CCCC1)N1CCC(N2CCS(=O)(=O)CC2)CC1. The molecular formula is C20H35N3O3S. The second-order valence-electron chi connectivity index (χ2n) is 8.93. The third-order valence-electron chi connectivity index (χ3n) is 7.29. The molecule has 4 fully saturated rings. The molecule has 0 aromatic carbocycles. The first-order valence-electron chi connectivity index (χ1n) is 11.0. The van der Waals surface area contributed by atoms with E-state index in [2.05, 4.69) is 14.7 Å². The van der Waals surface area contributed by atoms with Crippen LogP contribution in [-0.2, 0) is 14.6 Å². The first-order valence-corrected chi connectivity index (χ1v) is 12.8. The third kappa shape index (κ3) is 4.51. The first kappa shape index (κ1) is 19.6. The van der Waals surface area contributed by atoms with Crippen molar-refractivity contribution in [2.24, 2.45) is 0 Å². The molecule has 0 aromatic heterocycles. The van der Waals surface area contributed by atoms with Crippen LogP contribution in [0.15, 0.2) is 0 Å². The van der Waals surface area contributed by atoms with E-state index in [-0.39, 0.29) is 6.04 Å². The Balaban J connectivity index is 1.31. The van der Waals surface area contributed by atoms with E-state index < -0.39 is 9.84 Å². The zero-order chi connectivity index (χ0) is 18.9. The molecule has 0 N–H and O–H groups in total. The Morgan fingerprint density at radius 1 is 0.704 bits per heavy atom. The standard InChI is InChI=1S/C20H35N3O3S/c24-20(19-7-3-4-10-23(19)18-5-1-2-6-18)22-11-8-17(9-12-22)21-13-15-27(25,26)16-14-21/h17-19H,1-16H2. The van der Waals surface area contributed by atoms with Crippen molar-refractivity contribution in [3.63, 3.8) is 0 Å². The number of hydrogen-bond acceptors (Lipinski definition) is 5. The maximum Gasteiger partial charge on any atom is 0.239 e. The average Bonchev–Trinajstić information content (AvgIpc) is 3.22. The second kappa shape index (κ2) is 8.37. The molecule has 4 aliphatic rings. The normalized spacial score (nSPS) is 32.0. The van der Waals surface area contributed by atoms with Gasteiger partial charge in [0.15, 0.2) is 9.84 Å². The summed E-state index contributed by atoms with van der Waals surface area (Å²) in [4.78, 5) is 20.3. The van der Waals surface area contributed by atoms with Gasteiger partial charge in [-0.05, 0) is 45.1 Å². The molecule has 1 unspecified atom stereocenters. The van der Waals surface area contributed by atoms with Crippen LogP contribution in [0, 0.1) is 0 Å². The maximum absolute atomic E-state index is 13.3. The lowest BCUT2D eigenvalue weighted by Crippen LogP contribution is -2.57. The zero-order valence-electron chi connectivity index (χ0n) is 16.5. The Kier molecular flexibility index (Phi) is 6.09. The molecule has 7 heteroatoms. The van der Waals surface area contributed by atoms with Crippen LogP contribution in [0.1, 0.15) is 57.8 Å². The van der Waals surface area contributed by atoms with Gasteiger partial charge >= 0.3 is 0 Å². The molecule has 0 aromatic rings. The van der Waals surface area contributed by atoms with Crippen LogP contribution in [0.3, 0.4) is 0 Å². The van der Waals surface area contributed by atoms with Crippen molar-refractivity contribution >= 4 is 15.7 Å². The predicted octanol–water partition coefficient (Wildman–Crippen LogP) is 1.50. The number of carbonyl (C=O) groups excluding carboxylic acids is 1. The Morgan fingerprint density at radius 3 is 2.00 bits per heavy atom. The summed E-state index contributed by atoms with van der Waals surface area (Å²) in [6.07, 6.45) is 10.6. The molecule has 27 heavy (non-hydrogen) atoms. The van der Waals surface area contributed by atoms with Gasteiger partial charge in [-0.3, -0.25) is 14.6 Å². The molecule has 3 heterocycles. The largest absolute Gasteiger partial charge is 0.341 e. The number of likely N-dealkylation sites (tertiary alicyclic amines) is 2. The van der Waals surface area contributed by atoms with E-state index in [0.29, 0.717) is 42.6 Å². The number of rotatable bonds is 3. The molecule has 6 nitrogen and oxygen atoms in total. The highest BCUT2D eigenvalue weighted by Crippen LogP contribution is 2.31. The van der Waals surface area contributed by atoms with Crippen molar-refractivity contribution in [1.82, 2.24) is 14.7 Å². The summed E-state index contributed by atoms with van der Waals surface area (Å²) in [5.74, 6) is 0.955. The minimum absolute atomic E-state index is 0.110. The van der Waals surface area contributed by atoms with Crippen LogP contribution in [0.4, 0.5) is 0 Å². The molecule has 3 saturated heterocycles. The van der Waals surface area contributed by atoms with Crippen molar-refractivity contribution in [3.05, 3.63) is 0 Å². The van der Waals surface area contributed by atoms with Crippen molar-refractivity contribution in [1.29, 1.82) is 0 Å². The van der Waals surface area contributed by atoms with Crippen molar-refractivity contribution < 1.29 is 13.2 Å². The number of nitrogens with zero attached hydrogens (tertiary/aromatic N) is 3. The number of sulfone groups is 1. The van der Waals surface area contributed by atoms with E-state index in [9.17, 15) is 13.2 Å². The van der Waals surface area contributed by atoms with Crippen molar-refractivity contribution in [2.45, 2.75) is 75.9 Å². The van der Waals surface area contributed by atoms with Gasteiger partial charge in [-0.2, -0.15) is 0 Å². The lowest BCUT2D eigenvalue weighted by Gasteiger charge is -2.44. The summed E-state index contributed by atoms with van der Waals surface area (Å²) in [6, 6.07) is 1.19. The Labute approximate surface area is 164 Å². The van der Waals surface area contributed by atoms with E-state index in [1.807, 2.05) is 0 Å². The molecule has 1 saturated carbocycles. The lowest BCUT2D eigenvalue weighted by molar-refractivity contribution is -0.141. The van der Waals surface area contributed by atoms with Crippen LogP contribution in [0.5, 0.6) is 0 Å². The number of piperidine rings is 2. The van der Waals surface area contributed by atoms with Gasteiger partial charge in [-0.1, -0.05) is 19.3 Å². The van der Waals surface area contributed by atoms with E-state index in [4.69, 9.17) is 0 Å². The minimum Gasteiger partial charge on any atom is -0.341 e. The van der Waals surface area contributed by atoms with Crippen molar-refractivity contribution in [3.8, 4) is 0 Å². The van der Waals surface area contributed by atoms with E-state index in [1.54, 1.807) is 0 Å². The van der Waals surface area contributed by atoms with Crippen molar-refractivity contribution in [2.75, 3.05) is 44.2 Å². The highest BCUT2D eigenvalue weighted by Gasteiger charge is 2.38. The Hall–Kier alpha value is -0.660. The van der Waals surface area contributed by atoms with Gasteiger partial charge in [0.2, 0.25) is 5.91 Å². The average molecular weight is 398 g/mol. The summed E-state index contributed by atoms with van der Waals surface area (Å²) in [5, 5.41) is 0. The smallest absolute Gasteiger partial charge is 0.239 e. The zero-order valence-corrected chi connectivity index (χ0v) is 17.3.